The van der Waals surface area contributed by atoms with Crippen LogP contribution in [0, 0.1) is 11.6 Å². The van der Waals surface area contributed by atoms with Gasteiger partial charge in [0, 0.05) is 10.6 Å². The summed E-state index contributed by atoms with van der Waals surface area (Å²) in [4.78, 5) is 24.3. The lowest BCUT2D eigenvalue weighted by Crippen LogP contribution is -2.34. The Morgan fingerprint density at radius 1 is 1.19 bits per heavy atom. The molecule has 0 spiro atoms. The molecule has 0 aromatic heterocycles. The van der Waals surface area contributed by atoms with E-state index in [1.54, 1.807) is 12.1 Å². The minimum absolute atomic E-state index is 0.116. The number of rotatable bonds is 3. The van der Waals surface area contributed by atoms with E-state index in [2.05, 4.69) is 15.4 Å². The van der Waals surface area contributed by atoms with Crippen LogP contribution >= 0.6 is 11.8 Å². The Bertz CT molecular complexity index is 860. The Kier molecular flexibility index (Phi) is 5.41. The highest BCUT2D eigenvalue weighted by Gasteiger charge is 2.24. The summed E-state index contributed by atoms with van der Waals surface area (Å²) in [7, 11) is 1.21. The number of hydrogen-bond acceptors (Lipinski definition) is 4. The fourth-order valence-corrected chi connectivity index (χ4v) is 3.86. The highest BCUT2D eigenvalue weighted by atomic mass is 32.2. The van der Waals surface area contributed by atoms with Crippen molar-refractivity contribution >= 4 is 29.4 Å². The van der Waals surface area contributed by atoms with E-state index in [-0.39, 0.29) is 23.1 Å². The molecule has 1 atom stereocenters. The van der Waals surface area contributed by atoms with E-state index in [1.165, 1.54) is 37.1 Å². The number of amides is 2. The van der Waals surface area contributed by atoms with Gasteiger partial charge < -0.3 is 15.4 Å². The zero-order valence-corrected chi connectivity index (χ0v) is 14.7. The zero-order valence-electron chi connectivity index (χ0n) is 13.8. The number of fused-ring (bicyclic) bond motifs is 1. The predicted molar refractivity (Wildman–Crippen MR) is 94.4 cm³/mol. The molecular weight excluding hydrogens is 362 g/mol. The van der Waals surface area contributed by atoms with Crippen LogP contribution in [0.15, 0.2) is 41.3 Å². The van der Waals surface area contributed by atoms with Gasteiger partial charge in [0.2, 0.25) is 0 Å². The van der Waals surface area contributed by atoms with Crippen molar-refractivity contribution in [3.05, 3.63) is 59.2 Å². The Morgan fingerprint density at radius 3 is 2.77 bits per heavy atom. The van der Waals surface area contributed by atoms with Gasteiger partial charge in [0.15, 0.2) is 0 Å². The number of halogens is 2. The number of anilines is 1. The van der Waals surface area contributed by atoms with Gasteiger partial charge in [0.1, 0.15) is 11.6 Å². The van der Waals surface area contributed by atoms with Crippen molar-refractivity contribution in [3.8, 4) is 0 Å². The van der Waals surface area contributed by atoms with Crippen molar-refractivity contribution in [2.75, 3.05) is 18.2 Å². The summed E-state index contributed by atoms with van der Waals surface area (Å²) in [6.07, 6.45) is 0.624. The van der Waals surface area contributed by atoms with Gasteiger partial charge >= 0.3 is 12.0 Å². The summed E-state index contributed by atoms with van der Waals surface area (Å²) < 4.78 is 32.4. The lowest BCUT2D eigenvalue weighted by atomic mass is 10.0. The molecule has 1 unspecified atom stereocenters. The van der Waals surface area contributed by atoms with E-state index in [9.17, 15) is 18.4 Å². The molecule has 0 bridgehead atoms. The van der Waals surface area contributed by atoms with Crippen molar-refractivity contribution < 1.29 is 23.1 Å². The Balaban J connectivity index is 1.75. The Morgan fingerprint density at radius 2 is 2.00 bits per heavy atom. The van der Waals surface area contributed by atoms with Crippen molar-refractivity contribution in [1.29, 1.82) is 0 Å². The minimum Gasteiger partial charge on any atom is -0.465 e. The summed E-state index contributed by atoms with van der Waals surface area (Å²) in [5.41, 5.74) is 0.668. The molecule has 26 heavy (non-hydrogen) atoms. The van der Waals surface area contributed by atoms with E-state index in [0.717, 1.165) is 6.07 Å². The SMILES string of the molecule is COC(=O)c1ccc(F)c(NC(=O)NC2CCSc3c(F)cccc32)c1. The molecule has 1 aliphatic heterocycles. The highest BCUT2D eigenvalue weighted by Crippen LogP contribution is 2.37. The maximum absolute atomic E-state index is 13.9. The second-order valence-electron chi connectivity index (χ2n) is 5.63. The average molecular weight is 378 g/mol. The van der Waals surface area contributed by atoms with Crippen molar-refractivity contribution in [2.45, 2.75) is 17.4 Å². The van der Waals surface area contributed by atoms with Gasteiger partial charge in [0.25, 0.3) is 0 Å². The van der Waals surface area contributed by atoms with Gasteiger partial charge in [-0.05, 0) is 36.2 Å². The second kappa shape index (κ2) is 7.74. The first-order valence-electron chi connectivity index (χ1n) is 7.86. The summed E-state index contributed by atoms with van der Waals surface area (Å²) in [5, 5.41) is 5.12. The third kappa shape index (κ3) is 3.80. The molecule has 5 nitrogen and oxygen atoms in total. The monoisotopic (exact) mass is 378 g/mol. The molecule has 0 aliphatic carbocycles. The molecule has 8 heteroatoms. The van der Waals surface area contributed by atoms with Gasteiger partial charge in [0.05, 0.1) is 24.4 Å². The van der Waals surface area contributed by atoms with Gasteiger partial charge in [-0.15, -0.1) is 11.8 Å². The first-order valence-corrected chi connectivity index (χ1v) is 8.84. The number of hydrogen-bond donors (Lipinski definition) is 2. The third-order valence-corrected chi connectivity index (χ3v) is 5.13. The van der Waals surface area contributed by atoms with Crippen LogP contribution in [0.5, 0.6) is 0 Å². The Labute approximate surface area is 153 Å². The molecule has 136 valence electrons. The maximum atomic E-state index is 13.9. The molecule has 0 radical (unpaired) electrons. The molecule has 1 aliphatic rings. The molecule has 2 aromatic carbocycles. The number of thioether (sulfide) groups is 1. The highest BCUT2D eigenvalue weighted by molar-refractivity contribution is 7.99. The molecule has 2 aromatic rings. The number of carbonyl (C=O) groups is 2. The first-order chi connectivity index (χ1) is 12.5. The number of urea groups is 1. The molecule has 2 N–H and O–H groups in total. The molecule has 0 fully saturated rings. The normalized spacial score (nSPS) is 15.7. The van der Waals surface area contributed by atoms with Crippen LogP contribution in [0.1, 0.15) is 28.4 Å². The van der Waals surface area contributed by atoms with Crippen LogP contribution in [-0.4, -0.2) is 24.9 Å². The summed E-state index contributed by atoms with van der Waals surface area (Å²) >= 11 is 1.40. The van der Waals surface area contributed by atoms with E-state index in [4.69, 9.17) is 0 Å². The van der Waals surface area contributed by atoms with Crippen LogP contribution in [0.2, 0.25) is 0 Å². The summed E-state index contributed by atoms with van der Waals surface area (Å²) in [6, 6.07) is 7.24. The van der Waals surface area contributed by atoms with Crippen LogP contribution in [-0.2, 0) is 4.74 Å². The molecular formula is C18H16F2N2O3S. The lowest BCUT2D eigenvalue weighted by Gasteiger charge is -2.26. The fraction of sp³-hybridized carbons (Fsp3) is 0.222. The van der Waals surface area contributed by atoms with E-state index in [0.29, 0.717) is 22.6 Å². The molecule has 0 saturated carbocycles. The largest absolute Gasteiger partial charge is 0.465 e. The van der Waals surface area contributed by atoms with Crippen molar-refractivity contribution in [3.63, 3.8) is 0 Å². The van der Waals surface area contributed by atoms with Crippen molar-refractivity contribution in [1.82, 2.24) is 5.32 Å². The Hall–Kier alpha value is -2.61. The minimum atomic E-state index is -0.682. The number of benzene rings is 2. The number of carbonyl (C=O) groups excluding carboxylic acids is 2. The van der Waals surface area contributed by atoms with E-state index in [1.807, 2.05) is 0 Å². The smallest absolute Gasteiger partial charge is 0.337 e. The average Bonchev–Trinajstić information content (AvgIpc) is 2.64. The summed E-state index contributed by atoms with van der Waals surface area (Å²) in [6.45, 7) is 0. The summed E-state index contributed by atoms with van der Waals surface area (Å²) in [5.74, 6) is -0.984. The molecule has 3 rings (SSSR count). The topological polar surface area (TPSA) is 67.4 Å². The number of esters is 1. The number of ether oxygens (including phenoxy) is 1. The van der Waals surface area contributed by atoms with Crippen molar-refractivity contribution in [2.24, 2.45) is 0 Å². The van der Waals surface area contributed by atoms with E-state index < -0.39 is 17.8 Å². The standard InChI is InChI=1S/C18H16F2N2O3S/c1-25-17(23)10-5-6-12(19)15(9-10)22-18(24)21-14-7-8-26-16-11(14)3-2-4-13(16)20/h2-6,9,14H,7-8H2,1H3,(H2,21,22,24). The second-order valence-corrected chi connectivity index (χ2v) is 6.74. The van der Waals surface area contributed by atoms with Crippen LogP contribution < -0.4 is 10.6 Å². The number of methoxy groups -OCH3 is 1. The van der Waals surface area contributed by atoms with Gasteiger partial charge in [-0.2, -0.15) is 0 Å². The van der Waals surface area contributed by atoms with Crippen LogP contribution in [0.4, 0.5) is 19.3 Å². The van der Waals surface area contributed by atoms with Gasteiger partial charge in [-0.25, -0.2) is 18.4 Å². The number of nitrogens with one attached hydrogen (secondary N) is 2. The fourth-order valence-electron chi connectivity index (χ4n) is 2.72. The lowest BCUT2D eigenvalue weighted by molar-refractivity contribution is 0.0600. The van der Waals surface area contributed by atoms with Gasteiger partial charge in [-0.1, -0.05) is 12.1 Å². The van der Waals surface area contributed by atoms with Crippen LogP contribution in [0.25, 0.3) is 0 Å². The molecule has 0 saturated heterocycles. The van der Waals surface area contributed by atoms with Gasteiger partial charge in [-0.3, -0.25) is 0 Å². The molecule has 1 heterocycles. The predicted octanol–water partition coefficient (Wildman–Crippen LogP) is 4.11. The third-order valence-electron chi connectivity index (χ3n) is 3.97. The zero-order chi connectivity index (χ0) is 18.7. The first kappa shape index (κ1) is 18.2. The molecule has 2 amide bonds. The van der Waals surface area contributed by atoms with Crippen LogP contribution in [0.3, 0.4) is 0 Å². The van der Waals surface area contributed by atoms with E-state index >= 15 is 0 Å². The maximum Gasteiger partial charge on any atom is 0.337 e. The quantitative estimate of drug-likeness (QED) is 0.789.